The van der Waals surface area contributed by atoms with E-state index >= 15 is 0 Å². The predicted octanol–water partition coefficient (Wildman–Crippen LogP) is 0.455. The first-order valence-electron chi connectivity index (χ1n) is 9.93. The topological polar surface area (TPSA) is 213 Å². The van der Waals surface area contributed by atoms with Gasteiger partial charge in [0.05, 0.1) is 11.3 Å². The summed E-state index contributed by atoms with van der Waals surface area (Å²) in [7, 11) is 3.37. The van der Waals surface area contributed by atoms with Gasteiger partial charge in [-0.15, -0.1) is 0 Å². The van der Waals surface area contributed by atoms with Crippen LogP contribution in [0.1, 0.15) is 31.8 Å². The highest BCUT2D eigenvalue weighted by Gasteiger charge is 2.28. The van der Waals surface area contributed by atoms with Gasteiger partial charge in [-0.3, -0.25) is 9.59 Å². The molecule has 3 aromatic rings. The van der Waals surface area contributed by atoms with Crippen molar-refractivity contribution in [3.63, 3.8) is 0 Å². The minimum Gasteiger partial charge on any atom is -0.422 e. The Kier molecular flexibility index (Phi) is 13.6. The van der Waals surface area contributed by atoms with Gasteiger partial charge < -0.3 is 35.9 Å². The summed E-state index contributed by atoms with van der Waals surface area (Å²) in [4.78, 5) is 49.9. The summed E-state index contributed by atoms with van der Waals surface area (Å²) in [5.41, 5.74) is 13.1. The van der Waals surface area contributed by atoms with Crippen molar-refractivity contribution in [2.45, 2.75) is 13.8 Å². The highest BCUT2D eigenvalue weighted by Crippen LogP contribution is 2.33. The molecule has 0 unspecified atom stereocenters. The maximum Gasteiger partial charge on any atom is 0.422 e. The van der Waals surface area contributed by atoms with E-state index in [1.54, 1.807) is 26.0 Å². The average molecular weight is 507 g/mol. The zero-order valence-corrected chi connectivity index (χ0v) is 20.6. The van der Waals surface area contributed by atoms with Crippen molar-refractivity contribution < 1.29 is 38.9 Å². The number of aromatic nitrogens is 3. The molecular weight excluding hydrogens is 476 g/mol. The Morgan fingerprint density at radius 3 is 2.22 bits per heavy atom. The van der Waals surface area contributed by atoms with Crippen molar-refractivity contribution in [2.24, 2.45) is 11.5 Å². The quantitative estimate of drug-likeness (QED) is 0.339. The fourth-order valence-corrected chi connectivity index (χ4v) is 3.03. The molecule has 2 heterocycles. The summed E-state index contributed by atoms with van der Waals surface area (Å²) < 4.78 is 11.4. The number of fused-ring (bicyclic) bond motifs is 1. The smallest absolute Gasteiger partial charge is 0.422 e. The van der Waals surface area contributed by atoms with E-state index in [-0.39, 0.29) is 23.7 Å². The van der Waals surface area contributed by atoms with Crippen LogP contribution in [-0.4, -0.2) is 77.6 Å². The van der Waals surface area contributed by atoms with E-state index in [9.17, 15) is 14.4 Å². The summed E-state index contributed by atoms with van der Waals surface area (Å²) in [5.74, 6) is -1.19. The van der Waals surface area contributed by atoms with Gasteiger partial charge in [0.25, 0.3) is 5.91 Å². The molecule has 3 rings (SSSR count). The van der Waals surface area contributed by atoms with Gasteiger partial charge in [-0.05, 0) is 37.1 Å². The Hall–Kier alpha value is -4.40. The molecule has 0 atom stereocenters. The number of nitrogens with zero attached hydrogens (tertiary/aromatic N) is 4. The third kappa shape index (κ3) is 7.05. The van der Waals surface area contributed by atoms with Crippen LogP contribution in [0.25, 0.3) is 5.52 Å². The molecule has 0 bridgehead atoms. The van der Waals surface area contributed by atoms with Gasteiger partial charge in [-0.25, -0.2) is 19.2 Å². The second kappa shape index (κ2) is 15.5. The molecule has 0 saturated carbocycles. The average Bonchev–Trinajstić information content (AvgIpc) is 3.25. The fourth-order valence-electron chi connectivity index (χ4n) is 3.03. The molecule has 196 valence electrons. The van der Waals surface area contributed by atoms with Crippen LogP contribution in [-0.2, 0) is 14.3 Å². The summed E-state index contributed by atoms with van der Waals surface area (Å²) in [6.07, 6.45) is 1.85. The molecule has 6 N–H and O–H groups in total. The lowest BCUT2D eigenvalue weighted by Crippen LogP contribution is -2.30. The number of anilines is 2. The van der Waals surface area contributed by atoms with Gasteiger partial charge in [-0.2, -0.15) is 5.10 Å². The lowest BCUT2D eigenvalue weighted by atomic mass is 10.1. The van der Waals surface area contributed by atoms with Gasteiger partial charge in [-0.1, -0.05) is 6.07 Å². The normalized spacial score (nSPS) is 9.42. The third-order valence-corrected chi connectivity index (χ3v) is 4.50. The SMILES string of the molecule is C=O.CO.CO.COCOC(=O)N(c1cc(C(N)=O)ccc1C)c1ncnn2cc(C(N)=O)c(C)c12. The number of hydrogen-bond donors (Lipinski definition) is 4. The zero-order chi connectivity index (χ0) is 28.0. The first-order chi connectivity index (χ1) is 17.3. The van der Waals surface area contributed by atoms with Crippen molar-refractivity contribution in [3.05, 3.63) is 53.0 Å². The minimum atomic E-state index is -0.816. The van der Waals surface area contributed by atoms with Gasteiger partial charge in [0.1, 0.15) is 18.6 Å². The minimum absolute atomic E-state index is 0.126. The van der Waals surface area contributed by atoms with Crippen molar-refractivity contribution in [1.82, 2.24) is 14.6 Å². The van der Waals surface area contributed by atoms with Gasteiger partial charge >= 0.3 is 6.09 Å². The summed E-state index contributed by atoms with van der Waals surface area (Å²) >= 11 is 0. The van der Waals surface area contributed by atoms with Crippen LogP contribution in [0.5, 0.6) is 0 Å². The number of aryl methyl sites for hydroxylation is 2. The second-order valence-electron chi connectivity index (χ2n) is 6.43. The Morgan fingerprint density at radius 2 is 1.69 bits per heavy atom. The monoisotopic (exact) mass is 506 g/mol. The van der Waals surface area contributed by atoms with E-state index in [0.717, 1.165) is 19.1 Å². The Bertz CT molecular complexity index is 1180. The number of rotatable bonds is 6. The summed E-state index contributed by atoms with van der Waals surface area (Å²) in [5, 5.41) is 18.1. The number of carbonyl (C=O) groups excluding carboxylic acids is 4. The molecule has 0 aliphatic heterocycles. The van der Waals surface area contributed by atoms with Gasteiger partial charge in [0.2, 0.25) is 5.91 Å². The van der Waals surface area contributed by atoms with Crippen LogP contribution in [0.3, 0.4) is 0 Å². The van der Waals surface area contributed by atoms with E-state index in [2.05, 4.69) is 10.1 Å². The first-order valence-corrected chi connectivity index (χ1v) is 9.93. The number of amides is 3. The second-order valence-corrected chi connectivity index (χ2v) is 6.43. The highest BCUT2D eigenvalue weighted by atomic mass is 16.7. The van der Waals surface area contributed by atoms with E-state index in [1.165, 1.54) is 30.2 Å². The van der Waals surface area contributed by atoms with E-state index < -0.39 is 17.9 Å². The number of primary amides is 2. The van der Waals surface area contributed by atoms with E-state index in [1.807, 2.05) is 6.79 Å². The molecular formula is C22H30N6O8. The standard InChI is InChI=1S/C19H20N6O5.2CH4O.CH2O/c1-10-4-5-12(16(20)26)6-14(10)25(19(28)30-9-29-3)18-15-11(2)13(17(21)27)7-24(15)23-8-22-18;3*1-2/h4-8H,9H2,1-3H3,(H2,20,26)(H2,21,27);2*2H,1H3;1H2. The predicted molar refractivity (Wildman–Crippen MR) is 130 cm³/mol. The Balaban J connectivity index is 0.00000190. The van der Waals surface area contributed by atoms with Crippen molar-refractivity contribution in [3.8, 4) is 0 Å². The van der Waals surface area contributed by atoms with E-state index in [0.29, 0.717) is 22.3 Å². The number of aliphatic hydroxyl groups is 2. The molecule has 14 heteroatoms. The van der Waals surface area contributed by atoms with E-state index in [4.69, 9.17) is 35.9 Å². The lowest BCUT2D eigenvalue weighted by molar-refractivity contribution is -0.0980. The third-order valence-electron chi connectivity index (χ3n) is 4.50. The molecule has 0 aliphatic carbocycles. The Labute approximate surface area is 207 Å². The van der Waals surface area contributed by atoms with Crippen LogP contribution < -0.4 is 16.4 Å². The van der Waals surface area contributed by atoms with Crippen LogP contribution in [0.2, 0.25) is 0 Å². The molecule has 14 nitrogen and oxygen atoms in total. The molecule has 0 fully saturated rings. The number of aliphatic hydroxyl groups excluding tert-OH is 2. The molecule has 0 radical (unpaired) electrons. The summed E-state index contributed by atoms with van der Waals surface area (Å²) in [6, 6.07) is 4.64. The molecule has 0 aliphatic rings. The number of benzene rings is 1. The van der Waals surface area contributed by atoms with Gasteiger partial charge in [0.15, 0.2) is 12.6 Å². The molecule has 1 aromatic carbocycles. The molecule has 0 saturated heterocycles. The van der Waals surface area contributed by atoms with Crippen LogP contribution >= 0.6 is 0 Å². The maximum absolute atomic E-state index is 13.0. The first kappa shape index (κ1) is 31.6. The molecule has 3 amide bonds. The number of methoxy groups -OCH3 is 1. The van der Waals surface area contributed by atoms with Crippen molar-refractivity contribution in [2.75, 3.05) is 33.0 Å². The largest absolute Gasteiger partial charge is 0.422 e. The zero-order valence-electron chi connectivity index (χ0n) is 20.6. The highest BCUT2D eigenvalue weighted by molar-refractivity contribution is 6.04. The number of nitrogens with two attached hydrogens (primary N) is 2. The molecule has 0 spiro atoms. The summed E-state index contributed by atoms with van der Waals surface area (Å²) in [6.45, 7) is 5.10. The van der Waals surface area contributed by atoms with Crippen LogP contribution in [0.15, 0.2) is 30.7 Å². The van der Waals surface area contributed by atoms with Gasteiger partial charge in [0, 0.05) is 33.1 Å². The number of ether oxygens (including phenoxy) is 2. The molecule has 36 heavy (non-hydrogen) atoms. The lowest BCUT2D eigenvalue weighted by Gasteiger charge is -2.24. The van der Waals surface area contributed by atoms with Crippen LogP contribution in [0, 0.1) is 13.8 Å². The maximum atomic E-state index is 13.0. The van der Waals surface area contributed by atoms with Crippen molar-refractivity contribution >= 4 is 41.7 Å². The Morgan fingerprint density at radius 1 is 1.08 bits per heavy atom. The number of hydrogen-bond acceptors (Lipinski definition) is 10. The fraction of sp³-hybridized carbons (Fsp3) is 0.273. The molecule has 2 aromatic heterocycles. The van der Waals surface area contributed by atoms with Crippen molar-refractivity contribution in [1.29, 1.82) is 0 Å². The van der Waals surface area contributed by atoms with Crippen LogP contribution in [0.4, 0.5) is 16.3 Å². The number of carbonyl (C=O) groups is 4.